The Labute approximate surface area is 202 Å². The van der Waals surface area contributed by atoms with Gasteiger partial charge in [-0.1, -0.05) is 6.08 Å². The zero-order valence-electron chi connectivity index (χ0n) is 19.9. The number of nitrogens with zero attached hydrogens (tertiary/aromatic N) is 3. The van der Waals surface area contributed by atoms with Crippen LogP contribution in [0.5, 0.6) is 0 Å². The predicted octanol–water partition coefficient (Wildman–Crippen LogP) is 5.68. The molecule has 4 rings (SSSR count). The van der Waals surface area contributed by atoms with Crippen LogP contribution in [0, 0.1) is 11.7 Å². The number of benzene rings is 1. The van der Waals surface area contributed by atoms with E-state index in [-0.39, 0.29) is 18.3 Å². The number of rotatable bonds is 4. The SMILES string of the molecule is CN(C)C(=O)c1cc(Br)c2c(c1)c(F)c(C1=CCCN(C(=O)OC(C)(C)C)C1)n2CC1CC1. The van der Waals surface area contributed by atoms with Gasteiger partial charge in [0.25, 0.3) is 5.91 Å². The summed E-state index contributed by atoms with van der Waals surface area (Å²) in [7, 11) is 3.36. The Bertz CT molecular complexity index is 1140. The van der Waals surface area contributed by atoms with E-state index < -0.39 is 11.7 Å². The van der Waals surface area contributed by atoms with E-state index >= 15 is 4.39 Å². The van der Waals surface area contributed by atoms with Crippen molar-refractivity contribution in [3.63, 3.8) is 0 Å². The Hall–Kier alpha value is -2.35. The first-order valence-electron chi connectivity index (χ1n) is 11.4. The summed E-state index contributed by atoms with van der Waals surface area (Å²) in [6.45, 7) is 7.04. The van der Waals surface area contributed by atoms with Crippen LogP contribution in [0.3, 0.4) is 0 Å². The van der Waals surface area contributed by atoms with Crippen molar-refractivity contribution < 1.29 is 18.7 Å². The van der Waals surface area contributed by atoms with Crippen LogP contribution < -0.4 is 0 Å². The van der Waals surface area contributed by atoms with Crippen molar-refractivity contribution in [2.45, 2.75) is 52.2 Å². The fourth-order valence-corrected chi connectivity index (χ4v) is 4.91. The summed E-state index contributed by atoms with van der Waals surface area (Å²) in [6.07, 6.45) is 4.50. The van der Waals surface area contributed by atoms with Crippen LogP contribution in [0.1, 0.15) is 56.1 Å². The number of ether oxygens (including phenoxy) is 1. The molecule has 1 aliphatic carbocycles. The highest BCUT2D eigenvalue weighted by Crippen LogP contribution is 2.40. The fraction of sp³-hybridized carbons (Fsp3) is 0.520. The molecule has 1 aliphatic heterocycles. The normalized spacial score (nSPS) is 16.7. The van der Waals surface area contributed by atoms with Gasteiger partial charge in [-0.2, -0.15) is 0 Å². The second-order valence-electron chi connectivity index (χ2n) is 10.2. The number of halogens is 2. The van der Waals surface area contributed by atoms with Crippen molar-refractivity contribution in [3.8, 4) is 0 Å². The van der Waals surface area contributed by atoms with Gasteiger partial charge in [0.15, 0.2) is 5.82 Å². The van der Waals surface area contributed by atoms with Gasteiger partial charge in [0.05, 0.1) is 17.8 Å². The first-order chi connectivity index (χ1) is 15.5. The third kappa shape index (κ3) is 4.95. The van der Waals surface area contributed by atoms with E-state index in [1.165, 1.54) is 4.90 Å². The molecule has 0 atom stereocenters. The molecule has 2 amide bonds. The molecule has 1 aromatic heterocycles. The maximum atomic E-state index is 16.0. The van der Waals surface area contributed by atoms with Gasteiger partial charge in [-0.25, -0.2) is 9.18 Å². The molecule has 0 spiro atoms. The van der Waals surface area contributed by atoms with Gasteiger partial charge in [0.1, 0.15) is 5.60 Å². The number of carbonyl (C=O) groups excluding carboxylic acids is 2. The average molecular weight is 520 g/mol. The first kappa shape index (κ1) is 23.8. The molecular weight excluding hydrogens is 489 g/mol. The van der Waals surface area contributed by atoms with Crippen molar-refractivity contribution in [2.75, 3.05) is 27.2 Å². The Balaban J connectivity index is 1.78. The molecule has 8 heteroatoms. The Kier molecular flexibility index (Phi) is 6.33. The molecule has 1 saturated carbocycles. The monoisotopic (exact) mass is 519 g/mol. The zero-order valence-corrected chi connectivity index (χ0v) is 21.5. The van der Waals surface area contributed by atoms with E-state index in [4.69, 9.17) is 4.74 Å². The maximum Gasteiger partial charge on any atom is 0.410 e. The number of aromatic nitrogens is 1. The van der Waals surface area contributed by atoms with Crippen molar-refractivity contribution in [1.82, 2.24) is 14.4 Å². The molecule has 0 unspecified atom stereocenters. The largest absolute Gasteiger partial charge is 0.444 e. The predicted molar refractivity (Wildman–Crippen MR) is 131 cm³/mol. The number of carbonyl (C=O) groups is 2. The van der Waals surface area contributed by atoms with Gasteiger partial charge < -0.3 is 19.1 Å². The minimum absolute atomic E-state index is 0.179. The van der Waals surface area contributed by atoms with Crippen molar-refractivity contribution >= 4 is 44.4 Å². The number of hydrogen-bond donors (Lipinski definition) is 0. The Morgan fingerprint density at radius 2 is 1.94 bits per heavy atom. The van der Waals surface area contributed by atoms with Crippen molar-refractivity contribution in [1.29, 1.82) is 0 Å². The highest BCUT2D eigenvalue weighted by Gasteiger charge is 2.32. The Morgan fingerprint density at radius 3 is 2.55 bits per heavy atom. The van der Waals surface area contributed by atoms with Crippen LogP contribution in [0.4, 0.5) is 9.18 Å². The van der Waals surface area contributed by atoms with Crippen LogP contribution in [0.15, 0.2) is 22.7 Å². The minimum atomic E-state index is -0.592. The topological polar surface area (TPSA) is 54.8 Å². The summed E-state index contributed by atoms with van der Waals surface area (Å²) >= 11 is 3.60. The zero-order chi connectivity index (χ0) is 24.1. The second kappa shape index (κ2) is 8.78. The van der Waals surface area contributed by atoms with Gasteiger partial charge in [0, 0.05) is 42.6 Å². The number of hydrogen-bond acceptors (Lipinski definition) is 3. The summed E-state index contributed by atoms with van der Waals surface area (Å²) in [4.78, 5) is 28.4. The fourth-order valence-electron chi connectivity index (χ4n) is 4.23. The van der Waals surface area contributed by atoms with Gasteiger partial charge in [-0.3, -0.25) is 4.79 Å². The van der Waals surface area contributed by atoms with Gasteiger partial charge in [-0.05, 0) is 79.6 Å². The van der Waals surface area contributed by atoms with E-state index in [9.17, 15) is 9.59 Å². The summed E-state index contributed by atoms with van der Waals surface area (Å²) in [5.74, 6) is -0.0154. The smallest absolute Gasteiger partial charge is 0.410 e. The number of fused-ring (bicyclic) bond motifs is 1. The third-order valence-electron chi connectivity index (χ3n) is 5.95. The first-order valence-corrected chi connectivity index (χ1v) is 12.2. The lowest BCUT2D eigenvalue weighted by Gasteiger charge is -2.30. The molecule has 2 aliphatic rings. The molecule has 33 heavy (non-hydrogen) atoms. The van der Waals surface area contributed by atoms with Crippen LogP contribution >= 0.6 is 15.9 Å². The van der Waals surface area contributed by atoms with Crippen LogP contribution in [-0.2, 0) is 11.3 Å². The minimum Gasteiger partial charge on any atom is -0.444 e. The van der Waals surface area contributed by atoms with E-state index in [2.05, 4.69) is 15.9 Å². The average Bonchev–Trinajstić information content (AvgIpc) is 3.50. The molecule has 2 heterocycles. The highest BCUT2D eigenvalue weighted by molar-refractivity contribution is 9.10. The molecule has 178 valence electrons. The highest BCUT2D eigenvalue weighted by atomic mass is 79.9. The molecule has 0 saturated heterocycles. The van der Waals surface area contributed by atoms with E-state index in [0.717, 1.165) is 23.9 Å². The van der Waals surface area contributed by atoms with E-state index in [1.54, 1.807) is 31.1 Å². The lowest BCUT2D eigenvalue weighted by molar-refractivity contribution is 0.0272. The second-order valence-corrected chi connectivity index (χ2v) is 11.0. The standard InChI is InChI=1S/C25H31BrFN3O3/c1-25(2,3)33-24(32)29-10-6-7-16(14-29)21-20(27)18-11-17(23(31)28(4)5)12-19(26)22(18)30(21)13-15-8-9-15/h7,11-12,15H,6,8-10,13-14H2,1-5H3. The molecule has 6 nitrogen and oxygen atoms in total. The van der Waals surface area contributed by atoms with Crippen LogP contribution in [0.25, 0.3) is 16.5 Å². The maximum absolute atomic E-state index is 16.0. The van der Waals surface area contributed by atoms with Gasteiger partial charge >= 0.3 is 6.09 Å². The molecule has 0 bridgehead atoms. The summed E-state index contributed by atoms with van der Waals surface area (Å²) in [5, 5.41) is 0.417. The molecular formula is C25H31BrFN3O3. The van der Waals surface area contributed by atoms with Gasteiger partial charge in [0.2, 0.25) is 0 Å². The van der Waals surface area contributed by atoms with E-state index in [1.807, 2.05) is 31.4 Å². The molecule has 2 aromatic rings. The lowest BCUT2D eigenvalue weighted by Crippen LogP contribution is -2.40. The molecule has 1 aromatic carbocycles. The molecule has 0 N–H and O–H groups in total. The molecule has 0 radical (unpaired) electrons. The lowest BCUT2D eigenvalue weighted by atomic mass is 10.1. The summed E-state index contributed by atoms with van der Waals surface area (Å²) in [5.41, 5.74) is 1.86. The summed E-state index contributed by atoms with van der Waals surface area (Å²) < 4.78 is 24.3. The quantitative estimate of drug-likeness (QED) is 0.522. The Morgan fingerprint density at radius 1 is 1.24 bits per heavy atom. The summed E-state index contributed by atoms with van der Waals surface area (Å²) in [6, 6.07) is 3.40. The number of amides is 2. The molecule has 1 fully saturated rings. The third-order valence-corrected chi connectivity index (χ3v) is 6.55. The van der Waals surface area contributed by atoms with Crippen LogP contribution in [-0.4, -0.2) is 59.2 Å². The van der Waals surface area contributed by atoms with Crippen molar-refractivity contribution in [3.05, 3.63) is 39.8 Å². The van der Waals surface area contributed by atoms with Crippen LogP contribution in [0.2, 0.25) is 0 Å². The van der Waals surface area contributed by atoms with E-state index in [0.29, 0.717) is 46.5 Å². The van der Waals surface area contributed by atoms with Gasteiger partial charge in [-0.15, -0.1) is 0 Å². The van der Waals surface area contributed by atoms with Crippen molar-refractivity contribution in [2.24, 2.45) is 5.92 Å².